The molecule has 2 saturated heterocycles. The van der Waals surface area contributed by atoms with E-state index < -0.39 is 17.6 Å². The van der Waals surface area contributed by atoms with Crippen molar-refractivity contribution in [2.75, 3.05) is 7.05 Å². The summed E-state index contributed by atoms with van der Waals surface area (Å²) in [5, 5.41) is 0. The smallest absolute Gasteiger partial charge is 0.423 e. The largest absolute Gasteiger partial charge is 0.445 e. The first-order valence-electron chi connectivity index (χ1n) is 7.86. The molecule has 23 heavy (non-hydrogen) atoms. The number of hydrogen-bond acceptors (Lipinski definition) is 4. The summed E-state index contributed by atoms with van der Waals surface area (Å²) in [6, 6.07) is 4.70. The minimum absolute atomic E-state index is 0.193. The highest BCUT2D eigenvalue weighted by molar-refractivity contribution is 5.86. The lowest BCUT2D eigenvalue weighted by molar-refractivity contribution is 0.0290. The second kappa shape index (κ2) is 5.19. The standard InChI is InChI=1S/C16H18FN3O3/c1-19-10-3-4-11(19)8-12(7-10)23-16(22)20-14-6-9(17)2-5-13(14)18-15(20)21/h2,5-6,10-12H,3-4,7-8H2,1H3,(H,18,21)/t10-,11+,12?. The molecule has 6 nitrogen and oxygen atoms in total. The van der Waals surface area contributed by atoms with Crippen LogP contribution in [0, 0.1) is 5.82 Å². The Bertz CT molecular complexity index is 814. The second-order valence-electron chi connectivity index (χ2n) is 6.45. The molecule has 1 aromatic heterocycles. The van der Waals surface area contributed by atoms with Crippen molar-refractivity contribution < 1.29 is 13.9 Å². The van der Waals surface area contributed by atoms with E-state index in [2.05, 4.69) is 16.9 Å². The molecule has 2 aliphatic rings. The lowest BCUT2D eigenvalue weighted by Crippen LogP contribution is -2.44. The van der Waals surface area contributed by atoms with E-state index in [0.717, 1.165) is 36.3 Å². The van der Waals surface area contributed by atoms with Crippen LogP contribution in [0.1, 0.15) is 25.7 Å². The van der Waals surface area contributed by atoms with Gasteiger partial charge in [0.05, 0.1) is 11.0 Å². The van der Waals surface area contributed by atoms with Crippen LogP contribution in [0.2, 0.25) is 0 Å². The minimum Gasteiger partial charge on any atom is -0.445 e. The Labute approximate surface area is 131 Å². The predicted octanol–water partition coefficient (Wildman–Crippen LogP) is 2.08. The first-order chi connectivity index (χ1) is 11.0. The average molecular weight is 319 g/mol. The zero-order chi connectivity index (χ0) is 16.1. The fourth-order valence-electron chi connectivity index (χ4n) is 3.91. The minimum atomic E-state index is -0.735. The van der Waals surface area contributed by atoms with Gasteiger partial charge in [-0.2, -0.15) is 4.57 Å². The molecule has 0 aliphatic carbocycles. The van der Waals surface area contributed by atoms with E-state index >= 15 is 0 Å². The molecule has 0 saturated carbocycles. The molecule has 0 spiro atoms. The second-order valence-corrected chi connectivity index (χ2v) is 6.45. The number of nitrogens with zero attached hydrogens (tertiary/aromatic N) is 2. The number of imidazole rings is 1. The molecule has 2 bridgehead atoms. The zero-order valence-corrected chi connectivity index (χ0v) is 12.8. The van der Waals surface area contributed by atoms with Gasteiger partial charge >= 0.3 is 11.8 Å². The number of benzene rings is 1. The molecular formula is C16H18FN3O3. The summed E-state index contributed by atoms with van der Waals surface area (Å²) in [5.74, 6) is -0.504. The average Bonchev–Trinajstić information content (AvgIpc) is 2.90. The van der Waals surface area contributed by atoms with Gasteiger partial charge in [0.1, 0.15) is 11.9 Å². The van der Waals surface area contributed by atoms with Crippen LogP contribution < -0.4 is 5.69 Å². The number of aromatic nitrogens is 2. The molecule has 2 fully saturated rings. The van der Waals surface area contributed by atoms with Gasteiger partial charge in [-0.3, -0.25) is 0 Å². The van der Waals surface area contributed by atoms with Gasteiger partial charge in [0.25, 0.3) is 0 Å². The molecule has 2 aliphatic heterocycles. The molecule has 3 atom stereocenters. The number of H-pyrrole nitrogens is 1. The first-order valence-corrected chi connectivity index (χ1v) is 7.86. The van der Waals surface area contributed by atoms with Crippen molar-refractivity contribution in [1.29, 1.82) is 0 Å². The van der Waals surface area contributed by atoms with Crippen LogP contribution in [0.4, 0.5) is 9.18 Å². The molecule has 0 amide bonds. The number of hydrogen-bond donors (Lipinski definition) is 1. The van der Waals surface area contributed by atoms with Gasteiger partial charge in [0, 0.05) is 31.0 Å². The monoisotopic (exact) mass is 319 g/mol. The summed E-state index contributed by atoms with van der Waals surface area (Å²) in [5.41, 5.74) is 0.0131. The summed E-state index contributed by atoms with van der Waals surface area (Å²) in [4.78, 5) is 29.3. The van der Waals surface area contributed by atoms with Crippen LogP contribution >= 0.6 is 0 Å². The highest BCUT2D eigenvalue weighted by atomic mass is 19.1. The molecule has 1 unspecified atom stereocenters. The Kier molecular flexibility index (Phi) is 3.26. The number of ether oxygens (including phenoxy) is 1. The van der Waals surface area contributed by atoms with E-state index in [4.69, 9.17) is 4.74 Å². The normalized spacial score (nSPS) is 27.5. The van der Waals surface area contributed by atoms with Crippen molar-refractivity contribution in [3.63, 3.8) is 0 Å². The number of halogens is 1. The number of carbonyl (C=O) groups is 1. The van der Waals surface area contributed by atoms with E-state index in [9.17, 15) is 14.0 Å². The number of piperidine rings is 1. The Morgan fingerprint density at radius 2 is 2.00 bits per heavy atom. The molecule has 7 heteroatoms. The quantitative estimate of drug-likeness (QED) is 0.874. The van der Waals surface area contributed by atoms with E-state index in [1.165, 1.54) is 12.1 Å². The molecule has 122 valence electrons. The maximum Gasteiger partial charge on any atom is 0.423 e. The number of carbonyl (C=O) groups excluding carboxylic acids is 1. The lowest BCUT2D eigenvalue weighted by atomic mass is 10.0. The van der Waals surface area contributed by atoms with Gasteiger partial charge in [-0.25, -0.2) is 14.0 Å². The third-order valence-electron chi connectivity index (χ3n) is 5.15. The number of fused-ring (bicyclic) bond motifs is 3. The van der Waals surface area contributed by atoms with E-state index in [1.54, 1.807) is 0 Å². The van der Waals surface area contributed by atoms with Gasteiger partial charge in [-0.1, -0.05) is 0 Å². The Morgan fingerprint density at radius 3 is 2.70 bits per heavy atom. The lowest BCUT2D eigenvalue weighted by Gasteiger charge is -2.35. The summed E-state index contributed by atoms with van der Waals surface area (Å²) in [7, 11) is 2.10. The Morgan fingerprint density at radius 1 is 1.30 bits per heavy atom. The van der Waals surface area contributed by atoms with Crippen LogP contribution in [0.3, 0.4) is 0 Å². The van der Waals surface area contributed by atoms with Crippen molar-refractivity contribution >= 4 is 17.1 Å². The molecule has 0 radical (unpaired) electrons. The highest BCUT2D eigenvalue weighted by Crippen LogP contribution is 2.35. The SMILES string of the molecule is CN1[C@@H]2CC[C@H]1CC(OC(=O)n1c(=O)[nH]c3ccc(F)cc31)C2. The van der Waals surface area contributed by atoms with Crippen molar-refractivity contribution in [3.05, 3.63) is 34.5 Å². The number of nitrogens with one attached hydrogen (secondary N) is 1. The van der Waals surface area contributed by atoms with Crippen molar-refractivity contribution in [2.24, 2.45) is 0 Å². The van der Waals surface area contributed by atoms with Gasteiger partial charge in [0.2, 0.25) is 0 Å². The Balaban J connectivity index is 1.59. The van der Waals surface area contributed by atoms with Crippen LogP contribution in [0.5, 0.6) is 0 Å². The third-order valence-corrected chi connectivity index (χ3v) is 5.15. The highest BCUT2D eigenvalue weighted by Gasteiger charge is 2.40. The zero-order valence-electron chi connectivity index (χ0n) is 12.8. The molecule has 1 aromatic carbocycles. The number of rotatable bonds is 1. The molecule has 3 heterocycles. The number of aromatic amines is 1. The van der Waals surface area contributed by atoms with Crippen molar-refractivity contribution in [1.82, 2.24) is 14.5 Å². The fourth-order valence-corrected chi connectivity index (χ4v) is 3.91. The van der Waals surface area contributed by atoms with Gasteiger partial charge < -0.3 is 14.6 Å². The molecule has 4 rings (SSSR count). The van der Waals surface area contributed by atoms with Crippen LogP contribution in [0.25, 0.3) is 11.0 Å². The maximum absolute atomic E-state index is 13.4. The topological polar surface area (TPSA) is 67.3 Å². The van der Waals surface area contributed by atoms with Crippen LogP contribution in [-0.4, -0.2) is 45.8 Å². The summed E-state index contributed by atoms with van der Waals surface area (Å²) in [6.07, 6.45) is 2.87. The van der Waals surface area contributed by atoms with E-state index in [1.807, 2.05) is 0 Å². The van der Waals surface area contributed by atoms with E-state index in [-0.39, 0.29) is 11.6 Å². The van der Waals surface area contributed by atoms with Crippen LogP contribution in [-0.2, 0) is 4.74 Å². The Hall–Kier alpha value is -2.15. The fraction of sp³-hybridized carbons (Fsp3) is 0.500. The van der Waals surface area contributed by atoms with E-state index in [0.29, 0.717) is 17.6 Å². The van der Waals surface area contributed by atoms with Gasteiger partial charge in [-0.05, 0) is 32.0 Å². The van der Waals surface area contributed by atoms with Crippen LogP contribution in [0.15, 0.2) is 23.0 Å². The maximum atomic E-state index is 13.4. The summed E-state index contributed by atoms with van der Waals surface area (Å²) in [6.45, 7) is 0. The summed E-state index contributed by atoms with van der Waals surface area (Å²) >= 11 is 0. The summed E-state index contributed by atoms with van der Waals surface area (Å²) < 4.78 is 19.8. The van der Waals surface area contributed by atoms with Crippen molar-refractivity contribution in [3.8, 4) is 0 Å². The van der Waals surface area contributed by atoms with Gasteiger partial charge in [-0.15, -0.1) is 0 Å². The third kappa shape index (κ3) is 2.35. The molecule has 1 N–H and O–H groups in total. The first kappa shape index (κ1) is 14.4. The van der Waals surface area contributed by atoms with Gasteiger partial charge in [0.15, 0.2) is 0 Å². The van der Waals surface area contributed by atoms with Crippen molar-refractivity contribution in [2.45, 2.75) is 43.9 Å². The molecular weight excluding hydrogens is 301 g/mol. The molecule has 2 aromatic rings. The predicted molar refractivity (Wildman–Crippen MR) is 82.0 cm³/mol.